The Hall–Kier alpha value is -4.73. The van der Waals surface area contributed by atoms with Crippen molar-refractivity contribution in [2.75, 3.05) is 30.8 Å². The van der Waals surface area contributed by atoms with E-state index in [0.29, 0.717) is 6.07 Å². The molecule has 1 aliphatic rings. The van der Waals surface area contributed by atoms with Gasteiger partial charge in [-0.1, -0.05) is 20.4 Å². The molecule has 248 valence electrons. The predicted molar refractivity (Wildman–Crippen MR) is 164 cm³/mol. The second kappa shape index (κ2) is 12.1. The van der Waals surface area contributed by atoms with Crippen molar-refractivity contribution in [1.29, 1.82) is 0 Å². The number of carbonyl (C=O) groups excluding carboxylic acids is 1. The molecule has 47 heavy (non-hydrogen) atoms. The zero-order valence-electron chi connectivity index (χ0n) is 25.6. The van der Waals surface area contributed by atoms with Gasteiger partial charge in [-0.15, -0.1) is 0 Å². The Labute approximate surface area is 266 Å². The topological polar surface area (TPSA) is 118 Å². The summed E-state index contributed by atoms with van der Waals surface area (Å²) in [6.45, 7) is 9.13. The number of hydrogen-bond acceptors (Lipinski definition) is 8. The predicted octanol–water partition coefficient (Wildman–Crippen LogP) is 4.89. The summed E-state index contributed by atoms with van der Waals surface area (Å²) in [6, 6.07) is 2.04. The van der Waals surface area contributed by atoms with Gasteiger partial charge in [0, 0.05) is 49.9 Å². The van der Waals surface area contributed by atoms with Crippen LogP contribution < -0.4 is 10.6 Å². The fraction of sp³-hybridized carbons (Fsp3) is 0.323. The SMILES string of the molecule is C=CC(=O)N1CCN(c2nc(=O)n(-c3c(C(C)C)cncc3S(C)(=O)=O)c3nc(-c4ccc(F)cc4C(F)(F)F)c(F)cc23)[C@@H](C)C1. The highest BCUT2D eigenvalue weighted by Gasteiger charge is 2.36. The molecule has 1 fully saturated rings. The van der Waals surface area contributed by atoms with Crippen LogP contribution in [0.15, 0.2) is 59.0 Å². The van der Waals surface area contributed by atoms with Gasteiger partial charge in [-0.3, -0.25) is 9.78 Å². The molecular formula is C31H29F5N6O4S. The average molecular weight is 677 g/mol. The molecule has 10 nitrogen and oxygen atoms in total. The summed E-state index contributed by atoms with van der Waals surface area (Å²) in [5, 5.41) is -0.122. The minimum atomic E-state index is -5.11. The number of hydrogen-bond donors (Lipinski definition) is 0. The van der Waals surface area contributed by atoms with Crippen LogP contribution in [-0.2, 0) is 20.8 Å². The summed E-state index contributed by atoms with van der Waals surface area (Å²) >= 11 is 0. The van der Waals surface area contributed by atoms with Crippen molar-refractivity contribution >= 4 is 32.6 Å². The zero-order valence-corrected chi connectivity index (χ0v) is 26.5. The van der Waals surface area contributed by atoms with E-state index in [1.165, 1.54) is 11.1 Å². The molecule has 0 saturated carbocycles. The number of benzene rings is 1. The highest BCUT2D eigenvalue weighted by Crippen LogP contribution is 2.40. The van der Waals surface area contributed by atoms with Gasteiger partial charge in [0.05, 0.1) is 16.6 Å². The van der Waals surface area contributed by atoms with E-state index in [2.05, 4.69) is 21.5 Å². The van der Waals surface area contributed by atoms with Crippen LogP contribution in [0, 0.1) is 11.6 Å². The molecule has 0 spiro atoms. The van der Waals surface area contributed by atoms with Crippen molar-refractivity contribution in [3.05, 3.63) is 82.6 Å². The lowest BCUT2D eigenvalue weighted by molar-refractivity contribution is -0.137. The molecule has 3 aromatic heterocycles. The quantitative estimate of drug-likeness (QED) is 0.209. The number of amides is 1. The number of halogens is 5. The van der Waals surface area contributed by atoms with Crippen molar-refractivity contribution in [3.63, 3.8) is 0 Å². The van der Waals surface area contributed by atoms with E-state index in [9.17, 15) is 35.6 Å². The Morgan fingerprint density at radius 3 is 2.40 bits per heavy atom. The zero-order chi connectivity index (χ0) is 34.6. The van der Waals surface area contributed by atoms with Crippen molar-refractivity contribution in [2.24, 2.45) is 0 Å². The Morgan fingerprint density at radius 2 is 1.81 bits per heavy atom. The van der Waals surface area contributed by atoms with Crippen LogP contribution in [0.1, 0.15) is 37.8 Å². The minimum Gasteiger partial charge on any atom is -0.350 e. The average Bonchev–Trinajstić information content (AvgIpc) is 2.99. The standard InChI is InChI=1S/C31H29F5N6O4S/c1-6-25(43)40-9-10-41(17(4)15-40)28-20-12-23(33)26(19-8-7-18(32)11-22(19)31(34,35)36)38-29(20)42(30(44)39-28)27-21(16(2)3)13-37-14-24(27)47(5,45)46/h6-8,11-14,16-17H,1,9-10,15H2,2-5H3/t17-/m0/s1. The number of alkyl halides is 3. The molecule has 1 saturated heterocycles. The fourth-order valence-electron chi connectivity index (χ4n) is 5.66. The van der Waals surface area contributed by atoms with Gasteiger partial charge >= 0.3 is 11.9 Å². The number of fused-ring (bicyclic) bond motifs is 1. The van der Waals surface area contributed by atoms with Crippen LogP contribution in [0.4, 0.5) is 27.8 Å². The normalized spacial score (nSPS) is 15.8. The first kappa shape index (κ1) is 33.6. The number of carbonyl (C=O) groups is 1. The number of anilines is 1. The van der Waals surface area contributed by atoms with E-state index >= 15 is 4.39 Å². The number of sulfone groups is 1. The molecule has 0 radical (unpaired) electrons. The molecule has 0 aliphatic carbocycles. The van der Waals surface area contributed by atoms with Crippen molar-refractivity contribution in [1.82, 2.24) is 24.4 Å². The maximum absolute atomic E-state index is 16.0. The first-order valence-corrected chi connectivity index (χ1v) is 16.2. The van der Waals surface area contributed by atoms with Gasteiger partial charge in [-0.2, -0.15) is 18.2 Å². The molecule has 5 rings (SSSR count). The van der Waals surface area contributed by atoms with Gasteiger partial charge in [-0.25, -0.2) is 31.5 Å². The number of piperazine rings is 1. The molecule has 16 heteroatoms. The number of pyridine rings is 2. The van der Waals surface area contributed by atoms with E-state index in [-0.39, 0.29) is 54.1 Å². The lowest BCUT2D eigenvalue weighted by Gasteiger charge is -2.40. The first-order chi connectivity index (χ1) is 21.9. The second-order valence-corrected chi connectivity index (χ2v) is 13.4. The number of aromatic nitrogens is 4. The minimum absolute atomic E-state index is 0.0754. The summed E-state index contributed by atoms with van der Waals surface area (Å²) in [5.41, 5.74) is -4.55. The summed E-state index contributed by atoms with van der Waals surface area (Å²) in [7, 11) is -4.08. The van der Waals surface area contributed by atoms with E-state index in [0.717, 1.165) is 35.2 Å². The summed E-state index contributed by atoms with van der Waals surface area (Å²) in [6.07, 6.45) is -0.702. The maximum Gasteiger partial charge on any atom is 0.417 e. The molecule has 1 aliphatic heterocycles. The third-order valence-corrected chi connectivity index (χ3v) is 8.98. The van der Waals surface area contributed by atoms with Crippen LogP contribution in [-0.4, -0.2) is 70.7 Å². The molecule has 0 N–H and O–H groups in total. The van der Waals surface area contributed by atoms with Gasteiger partial charge in [-0.05, 0) is 48.7 Å². The molecule has 4 heterocycles. The number of rotatable bonds is 6. The van der Waals surface area contributed by atoms with Gasteiger partial charge in [0.15, 0.2) is 15.5 Å². The van der Waals surface area contributed by atoms with Crippen LogP contribution in [0.3, 0.4) is 0 Å². The van der Waals surface area contributed by atoms with Crippen LogP contribution in [0.5, 0.6) is 0 Å². The highest BCUT2D eigenvalue weighted by molar-refractivity contribution is 7.90. The first-order valence-electron chi connectivity index (χ1n) is 14.3. The van der Waals surface area contributed by atoms with Gasteiger partial charge < -0.3 is 9.80 Å². The largest absolute Gasteiger partial charge is 0.417 e. The number of nitrogens with zero attached hydrogens (tertiary/aromatic N) is 6. The molecule has 1 aromatic carbocycles. The third kappa shape index (κ3) is 6.21. The van der Waals surface area contributed by atoms with Crippen LogP contribution in [0.25, 0.3) is 28.0 Å². The molecule has 1 atom stereocenters. The highest BCUT2D eigenvalue weighted by atomic mass is 32.2. The molecule has 0 unspecified atom stereocenters. The monoisotopic (exact) mass is 676 g/mol. The van der Waals surface area contributed by atoms with E-state index in [4.69, 9.17) is 0 Å². The Morgan fingerprint density at radius 1 is 1.11 bits per heavy atom. The molecular weight excluding hydrogens is 647 g/mol. The summed E-state index contributed by atoms with van der Waals surface area (Å²) in [4.78, 5) is 41.6. The van der Waals surface area contributed by atoms with Gasteiger partial charge in [0.1, 0.15) is 28.0 Å². The summed E-state index contributed by atoms with van der Waals surface area (Å²) in [5.74, 6) is -3.28. The lowest BCUT2D eigenvalue weighted by Crippen LogP contribution is -2.54. The van der Waals surface area contributed by atoms with Crippen LogP contribution in [0.2, 0.25) is 0 Å². The maximum atomic E-state index is 16.0. The van der Waals surface area contributed by atoms with E-state index < -0.39 is 72.7 Å². The summed E-state index contributed by atoms with van der Waals surface area (Å²) < 4.78 is 99.0. The van der Waals surface area contributed by atoms with E-state index in [1.807, 2.05) is 0 Å². The van der Waals surface area contributed by atoms with Gasteiger partial charge in [0.25, 0.3) is 0 Å². The third-order valence-electron chi connectivity index (χ3n) is 7.89. The smallest absolute Gasteiger partial charge is 0.350 e. The second-order valence-electron chi connectivity index (χ2n) is 11.5. The Kier molecular flexibility index (Phi) is 8.68. The van der Waals surface area contributed by atoms with Gasteiger partial charge in [0.2, 0.25) is 5.91 Å². The molecule has 0 bridgehead atoms. The Bertz CT molecular complexity index is 2100. The van der Waals surface area contributed by atoms with Crippen molar-refractivity contribution in [2.45, 2.75) is 43.8 Å². The fourth-order valence-corrected chi connectivity index (χ4v) is 6.47. The Balaban J connectivity index is 1.91. The lowest BCUT2D eigenvalue weighted by atomic mass is 10.0. The van der Waals surface area contributed by atoms with Crippen LogP contribution >= 0.6 is 0 Å². The van der Waals surface area contributed by atoms with Crippen molar-refractivity contribution in [3.8, 4) is 16.9 Å². The molecule has 1 amide bonds. The molecule has 4 aromatic rings. The van der Waals surface area contributed by atoms with E-state index in [1.54, 1.807) is 25.7 Å². The van der Waals surface area contributed by atoms with Crippen molar-refractivity contribution < 1.29 is 35.2 Å².